The Hall–Kier alpha value is -2.56. The summed E-state index contributed by atoms with van der Waals surface area (Å²) in [6.45, 7) is 5.45. The standard InChI is InChI=1S/C17H21NO4/c1-17(2,3)22-16(21)18(4)14-11-9-13(10-12-14)7-5-6-8-15(19)20/h5-12H,1-4H3,(H,19,20)/b7-5+,8-6+. The highest BCUT2D eigenvalue weighted by Crippen LogP contribution is 2.18. The van der Waals surface area contributed by atoms with Gasteiger partial charge < -0.3 is 9.84 Å². The molecule has 0 aliphatic carbocycles. The van der Waals surface area contributed by atoms with E-state index < -0.39 is 17.7 Å². The van der Waals surface area contributed by atoms with Crippen LogP contribution in [0.15, 0.2) is 42.5 Å². The Kier molecular flexibility index (Phi) is 5.92. The molecule has 1 aromatic rings. The number of allylic oxidation sites excluding steroid dienone is 2. The molecule has 1 N–H and O–H groups in total. The summed E-state index contributed by atoms with van der Waals surface area (Å²) in [5.41, 5.74) is 1.08. The molecule has 0 atom stereocenters. The Labute approximate surface area is 130 Å². The van der Waals surface area contributed by atoms with Crippen molar-refractivity contribution in [3.8, 4) is 0 Å². The van der Waals surface area contributed by atoms with Gasteiger partial charge in [0.25, 0.3) is 0 Å². The van der Waals surface area contributed by atoms with Crippen LogP contribution in [-0.4, -0.2) is 29.8 Å². The first kappa shape index (κ1) is 17.5. The van der Waals surface area contributed by atoms with Crippen LogP contribution in [0.4, 0.5) is 10.5 Å². The number of aliphatic carboxylic acids is 1. The first-order chi connectivity index (χ1) is 10.2. The number of anilines is 1. The van der Waals surface area contributed by atoms with Gasteiger partial charge >= 0.3 is 12.1 Å². The largest absolute Gasteiger partial charge is 0.478 e. The number of carboxylic acids is 1. The minimum Gasteiger partial charge on any atom is -0.478 e. The van der Waals surface area contributed by atoms with E-state index in [4.69, 9.17) is 9.84 Å². The molecular weight excluding hydrogens is 282 g/mol. The van der Waals surface area contributed by atoms with Crippen LogP contribution in [0.3, 0.4) is 0 Å². The molecule has 0 aromatic heterocycles. The predicted molar refractivity (Wildman–Crippen MR) is 86.9 cm³/mol. The first-order valence-corrected chi connectivity index (χ1v) is 6.83. The zero-order valence-electron chi connectivity index (χ0n) is 13.2. The Balaban J connectivity index is 2.72. The van der Waals surface area contributed by atoms with Crippen molar-refractivity contribution in [2.75, 3.05) is 11.9 Å². The maximum Gasteiger partial charge on any atom is 0.414 e. The Morgan fingerprint density at radius 1 is 1.14 bits per heavy atom. The van der Waals surface area contributed by atoms with E-state index in [2.05, 4.69) is 0 Å². The second-order valence-corrected chi connectivity index (χ2v) is 5.69. The van der Waals surface area contributed by atoms with Crippen LogP contribution in [0.25, 0.3) is 6.08 Å². The molecule has 118 valence electrons. The lowest BCUT2D eigenvalue weighted by Gasteiger charge is -2.24. The normalized spacial score (nSPS) is 11.8. The maximum atomic E-state index is 11.9. The molecule has 1 rings (SSSR count). The second-order valence-electron chi connectivity index (χ2n) is 5.69. The zero-order chi connectivity index (χ0) is 16.8. The van der Waals surface area contributed by atoms with E-state index in [1.54, 1.807) is 31.3 Å². The second kappa shape index (κ2) is 7.45. The number of nitrogens with zero attached hydrogens (tertiary/aromatic N) is 1. The molecule has 1 aromatic carbocycles. The zero-order valence-corrected chi connectivity index (χ0v) is 13.2. The average molecular weight is 303 g/mol. The third-order valence-electron chi connectivity index (χ3n) is 2.59. The summed E-state index contributed by atoms with van der Waals surface area (Å²) in [5, 5.41) is 8.47. The van der Waals surface area contributed by atoms with Gasteiger partial charge in [-0.1, -0.05) is 30.4 Å². The van der Waals surface area contributed by atoms with Gasteiger partial charge in [0.05, 0.1) is 0 Å². The quantitative estimate of drug-likeness (QED) is 0.680. The molecule has 0 spiro atoms. The molecule has 0 aliphatic heterocycles. The van der Waals surface area contributed by atoms with Gasteiger partial charge in [-0.15, -0.1) is 0 Å². The summed E-state index contributed by atoms with van der Waals surface area (Å²) in [4.78, 5) is 23.7. The number of benzene rings is 1. The molecule has 0 saturated heterocycles. The van der Waals surface area contributed by atoms with Gasteiger partial charge in [-0.25, -0.2) is 9.59 Å². The number of hydrogen-bond donors (Lipinski definition) is 1. The minimum atomic E-state index is -0.987. The lowest BCUT2D eigenvalue weighted by atomic mass is 10.2. The van der Waals surface area contributed by atoms with Crippen molar-refractivity contribution in [2.45, 2.75) is 26.4 Å². The number of carboxylic acid groups (broad SMARTS) is 1. The predicted octanol–water partition coefficient (Wildman–Crippen LogP) is 3.71. The Morgan fingerprint density at radius 3 is 2.23 bits per heavy atom. The van der Waals surface area contributed by atoms with E-state index in [0.29, 0.717) is 5.69 Å². The monoisotopic (exact) mass is 303 g/mol. The smallest absolute Gasteiger partial charge is 0.414 e. The molecule has 0 saturated carbocycles. The number of carbonyl (C=O) groups is 2. The minimum absolute atomic E-state index is 0.416. The molecule has 0 radical (unpaired) electrons. The van der Waals surface area contributed by atoms with Gasteiger partial charge in [0.2, 0.25) is 0 Å². The fraction of sp³-hybridized carbons (Fsp3) is 0.294. The summed E-state index contributed by atoms with van der Waals surface area (Å²) in [6.07, 6.45) is 5.50. The summed E-state index contributed by atoms with van der Waals surface area (Å²) >= 11 is 0. The lowest BCUT2D eigenvalue weighted by molar-refractivity contribution is -0.131. The fourth-order valence-corrected chi connectivity index (χ4v) is 1.55. The van der Waals surface area contributed by atoms with E-state index in [9.17, 15) is 9.59 Å². The Bertz CT molecular complexity index is 580. The number of rotatable bonds is 4. The number of hydrogen-bond acceptors (Lipinski definition) is 3. The highest BCUT2D eigenvalue weighted by atomic mass is 16.6. The van der Waals surface area contributed by atoms with E-state index in [1.165, 1.54) is 11.0 Å². The topological polar surface area (TPSA) is 66.8 Å². The number of ether oxygens (including phenoxy) is 1. The van der Waals surface area contributed by atoms with Crippen molar-refractivity contribution < 1.29 is 19.4 Å². The third kappa shape index (κ3) is 6.26. The highest BCUT2D eigenvalue weighted by molar-refractivity contribution is 5.87. The van der Waals surface area contributed by atoms with Crippen LogP contribution in [0.2, 0.25) is 0 Å². The number of carbonyl (C=O) groups excluding carboxylic acids is 1. The molecule has 22 heavy (non-hydrogen) atoms. The lowest BCUT2D eigenvalue weighted by Crippen LogP contribution is -2.34. The van der Waals surface area contributed by atoms with Crippen molar-refractivity contribution >= 4 is 23.8 Å². The van der Waals surface area contributed by atoms with Crippen LogP contribution in [0, 0.1) is 0 Å². The van der Waals surface area contributed by atoms with E-state index in [0.717, 1.165) is 11.6 Å². The molecule has 5 heteroatoms. The first-order valence-electron chi connectivity index (χ1n) is 6.83. The van der Waals surface area contributed by atoms with Gasteiger partial charge in [0.1, 0.15) is 5.60 Å². The molecule has 0 fully saturated rings. The van der Waals surface area contributed by atoms with Crippen molar-refractivity contribution in [1.82, 2.24) is 0 Å². The summed E-state index contributed by atoms with van der Waals surface area (Å²) in [7, 11) is 1.65. The molecule has 0 unspecified atom stereocenters. The molecule has 1 amide bonds. The van der Waals surface area contributed by atoms with E-state index in [-0.39, 0.29) is 0 Å². The summed E-state index contributed by atoms with van der Waals surface area (Å²) in [5.74, 6) is -0.987. The highest BCUT2D eigenvalue weighted by Gasteiger charge is 2.20. The molecule has 0 bridgehead atoms. The van der Waals surface area contributed by atoms with Crippen molar-refractivity contribution in [1.29, 1.82) is 0 Å². The third-order valence-corrected chi connectivity index (χ3v) is 2.59. The molecule has 0 aliphatic rings. The fourth-order valence-electron chi connectivity index (χ4n) is 1.55. The molecule has 0 heterocycles. The van der Waals surface area contributed by atoms with Crippen molar-refractivity contribution in [2.24, 2.45) is 0 Å². The van der Waals surface area contributed by atoms with E-state index in [1.807, 2.05) is 32.9 Å². The van der Waals surface area contributed by atoms with Crippen LogP contribution in [0.5, 0.6) is 0 Å². The van der Waals surface area contributed by atoms with Crippen LogP contribution in [-0.2, 0) is 9.53 Å². The SMILES string of the molecule is CN(C(=O)OC(C)(C)C)c1ccc(/C=C/C=C/C(=O)O)cc1. The van der Waals surface area contributed by atoms with Gasteiger partial charge in [-0.3, -0.25) is 4.90 Å². The van der Waals surface area contributed by atoms with Crippen molar-refractivity contribution in [3.05, 3.63) is 48.1 Å². The van der Waals surface area contributed by atoms with Gasteiger partial charge in [-0.2, -0.15) is 0 Å². The summed E-state index contributed by atoms with van der Waals surface area (Å²) in [6, 6.07) is 7.26. The Morgan fingerprint density at radius 2 is 1.73 bits per heavy atom. The van der Waals surface area contributed by atoms with Gasteiger partial charge in [-0.05, 0) is 38.5 Å². The van der Waals surface area contributed by atoms with Gasteiger partial charge in [0.15, 0.2) is 0 Å². The van der Waals surface area contributed by atoms with Crippen LogP contribution >= 0.6 is 0 Å². The molecule has 5 nitrogen and oxygen atoms in total. The summed E-state index contributed by atoms with van der Waals surface area (Å²) < 4.78 is 5.29. The molecular formula is C17H21NO4. The van der Waals surface area contributed by atoms with Crippen LogP contribution in [0.1, 0.15) is 26.3 Å². The maximum absolute atomic E-state index is 11.9. The van der Waals surface area contributed by atoms with Gasteiger partial charge in [0, 0.05) is 18.8 Å². The number of amides is 1. The van der Waals surface area contributed by atoms with Crippen LogP contribution < -0.4 is 4.90 Å². The van der Waals surface area contributed by atoms with E-state index >= 15 is 0 Å². The average Bonchev–Trinajstić information content (AvgIpc) is 2.41. The van der Waals surface area contributed by atoms with Crippen molar-refractivity contribution in [3.63, 3.8) is 0 Å².